The van der Waals surface area contributed by atoms with Crippen molar-refractivity contribution in [1.82, 2.24) is 30.2 Å². The molecular formula is C25H31BN6O5. The van der Waals surface area contributed by atoms with Crippen LogP contribution in [0.4, 0.5) is 0 Å². The van der Waals surface area contributed by atoms with Crippen LogP contribution in [0.25, 0.3) is 0 Å². The zero-order chi connectivity index (χ0) is 25.8. The smallest absolute Gasteiger partial charge is 0.534 e. The summed E-state index contributed by atoms with van der Waals surface area (Å²) in [6.45, 7) is 1.41. The molecule has 0 radical (unpaired) electrons. The van der Waals surface area contributed by atoms with E-state index < -0.39 is 19.0 Å². The van der Waals surface area contributed by atoms with Gasteiger partial charge in [0, 0.05) is 37.3 Å². The number of para-hydroxylation sites is 1. The highest BCUT2D eigenvalue weighted by Gasteiger charge is 2.38. The summed E-state index contributed by atoms with van der Waals surface area (Å²) in [7, 11) is -1.30. The number of carboxylic acid groups (broad SMARTS) is 1. The molecule has 0 saturated heterocycles. The van der Waals surface area contributed by atoms with Crippen molar-refractivity contribution < 1.29 is 24.4 Å². The number of nitrogens with one attached hydrogen (secondary N) is 3. The molecule has 3 aromatic rings. The van der Waals surface area contributed by atoms with Crippen molar-refractivity contribution in [3.05, 3.63) is 65.8 Å². The molecule has 1 aliphatic carbocycles. The Bertz CT molecular complexity index is 1160. The van der Waals surface area contributed by atoms with Gasteiger partial charge in [-0.15, -0.1) is 0 Å². The Kier molecular flexibility index (Phi) is 7.56. The normalized spacial score (nSPS) is 21.4. The maximum atomic E-state index is 12.8. The summed E-state index contributed by atoms with van der Waals surface area (Å²) < 4.78 is 5.49. The van der Waals surface area contributed by atoms with Crippen molar-refractivity contribution in [3.8, 4) is 5.75 Å². The van der Waals surface area contributed by atoms with Crippen LogP contribution in [0.5, 0.6) is 5.75 Å². The Balaban J connectivity index is 1.14. The molecule has 0 bridgehead atoms. The Morgan fingerprint density at radius 1 is 1.08 bits per heavy atom. The van der Waals surface area contributed by atoms with E-state index in [0.29, 0.717) is 37.5 Å². The zero-order valence-electron chi connectivity index (χ0n) is 20.5. The molecule has 11 nitrogen and oxygen atoms in total. The molecule has 37 heavy (non-hydrogen) atoms. The Morgan fingerprint density at radius 2 is 1.76 bits per heavy atom. The average molecular weight is 506 g/mol. The van der Waals surface area contributed by atoms with Crippen LogP contribution in [0, 0.1) is 5.92 Å². The molecule has 1 aromatic carbocycles. The van der Waals surface area contributed by atoms with Gasteiger partial charge < -0.3 is 30.1 Å². The molecule has 1 aliphatic heterocycles. The molecule has 3 heterocycles. The summed E-state index contributed by atoms with van der Waals surface area (Å²) in [5.74, 6) is 0.387. The van der Waals surface area contributed by atoms with Crippen molar-refractivity contribution in [3.63, 3.8) is 0 Å². The van der Waals surface area contributed by atoms with E-state index >= 15 is 0 Å². The number of carbonyl (C=O) groups is 2. The van der Waals surface area contributed by atoms with Gasteiger partial charge in [-0.1, -0.05) is 12.1 Å². The fraction of sp³-hybridized carbons (Fsp3) is 0.440. The van der Waals surface area contributed by atoms with E-state index in [-0.39, 0.29) is 23.1 Å². The number of aromatic amines is 2. The first-order chi connectivity index (χ1) is 18.0. The third-order valence-corrected chi connectivity index (χ3v) is 7.32. The third kappa shape index (κ3) is 6.03. The summed E-state index contributed by atoms with van der Waals surface area (Å²) in [4.78, 5) is 41.8. The summed E-state index contributed by atoms with van der Waals surface area (Å²) in [6.07, 6.45) is 11.7. The lowest BCUT2D eigenvalue weighted by Gasteiger charge is -2.36. The molecule has 5 rings (SSSR count). The minimum atomic E-state index is -1.30. The second-order valence-corrected chi connectivity index (χ2v) is 9.84. The number of nitrogens with zero attached hydrogens (tertiary/aromatic N) is 3. The van der Waals surface area contributed by atoms with Crippen LogP contribution in [-0.4, -0.2) is 65.9 Å². The van der Waals surface area contributed by atoms with Crippen molar-refractivity contribution in [2.75, 3.05) is 0 Å². The number of carbonyl (C=O) groups excluding carboxylic acids is 1. The van der Waals surface area contributed by atoms with Gasteiger partial charge in [-0.2, -0.15) is 0 Å². The summed E-state index contributed by atoms with van der Waals surface area (Å²) in [5.41, 5.74) is 0.662. The van der Waals surface area contributed by atoms with Crippen molar-refractivity contribution >= 4 is 19.0 Å². The minimum Gasteiger partial charge on any atom is -0.534 e. The highest BCUT2D eigenvalue weighted by atomic mass is 16.5. The number of hydrogen-bond acceptors (Lipinski definition) is 7. The number of imidazole rings is 2. The number of fused-ring (bicyclic) bond motifs is 1. The van der Waals surface area contributed by atoms with Crippen molar-refractivity contribution in [2.24, 2.45) is 5.92 Å². The van der Waals surface area contributed by atoms with Crippen LogP contribution in [-0.2, 0) is 24.3 Å². The van der Waals surface area contributed by atoms with E-state index in [2.05, 4.69) is 30.2 Å². The summed E-state index contributed by atoms with van der Waals surface area (Å²) >= 11 is 0. The summed E-state index contributed by atoms with van der Waals surface area (Å²) in [5, 5.41) is 22.7. The first-order valence-corrected chi connectivity index (χ1v) is 12.7. The van der Waals surface area contributed by atoms with Crippen LogP contribution in [0.3, 0.4) is 0 Å². The number of carboxylic acids is 1. The number of hydrogen-bond donors (Lipinski definition) is 5. The van der Waals surface area contributed by atoms with Gasteiger partial charge >= 0.3 is 13.1 Å². The number of H-pyrrole nitrogens is 2. The third-order valence-electron chi connectivity index (χ3n) is 7.32. The number of aromatic nitrogens is 4. The Hall–Kier alpha value is -3.64. The molecule has 1 fully saturated rings. The van der Waals surface area contributed by atoms with Gasteiger partial charge in [0.1, 0.15) is 17.4 Å². The SMILES string of the molecule is O=C(CC1CCC(N(Cc2ncc[nH]2)Cc2ncc[nH]2)CC1)NC1Cc2cccc(C(=O)O)c2OB1O. The molecule has 12 heteroatoms. The van der Waals surface area contributed by atoms with E-state index in [4.69, 9.17) is 4.65 Å². The van der Waals surface area contributed by atoms with Gasteiger partial charge in [-0.05, 0) is 49.7 Å². The second-order valence-electron chi connectivity index (χ2n) is 9.84. The lowest BCUT2D eigenvalue weighted by molar-refractivity contribution is -0.122. The number of aromatic carboxylic acids is 1. The average Bonchev–Trinajstić information content (AvgIpc) is 3.59. The van der Waals surface area contributed by atoms with E-state index in [1.54, 1.807) is 24.5 Å². The molecule has 1 saturated carbocycles. The zero-order valence-corrected chi connectivity index (χ0v) is 20.5. The first-order valence-electron chi connectivity index (χ1n) is 12.7. The monoisotopic (exact) mass is 506 g/mol. The topological polar surface area (TPSA) is 156 Å². The standard InChI is InChI=1S/C25H31BN6O5/c33-23(31-20-13-17-2-1-3-19(25(34)35)24(17)37-26(20)36)12-16-4-6-18(7-5-16)32(14-21-27-8-9-28-21)15-22-29-10-11-30-22/h1-3,8-11,16,18,20,36H,4-7,12-15H2,(H,27,28)(H,29,30)(H,31,33)(H,34,35). The number of rotatable bonds is 9. The molecule has 1 atom stereocenters. The lowest BCUT2D eigenvalue weighted by Crippen LogP contribution is -2.53. The fourth-order valence-corrected chi connectivity index (χ4v) is 5.43. The quantitative estimate of drug-likeness (QED) is 0.276. The van der Waals surface area contributed by atoms with E-state index in [1.165, 1.54) is 6.07 Å². The highest BCUT2D eigenvalue weighted by molar-refractivity contribution is 6.47. The largest absolute Gasteiger partial charge is 0.547 e. The lowest BCUT2D eigenvalue weighted by atomic mass is 9.72. The molecule has 1 unspecified atom stereocenters. The molecule has 1 amide bonds. The fourth-order valence-electron chi connectivity index (χ4n) is 5.43. The van der Waals surface area contributed by atoms with Crippen LogP contribution in [0.15, 0.2) is 43.0 Å². The van der Waals surface area contributed by atoms with Gasteiger partial charge in [0.2, 0.25) is 5.91 Å². The van der Waals surface area contributed by atoms with Crippen LogP contribution < -0.4 is 9.97 Å². The highest BCUT2D eigenvalue weighted by Crippen LogP contribution is 2.32. The summed E-state index contributed by atoms with van der Waals surface area (Å²) in [6, 6.07) is 5.20. The maximum Gasteiger partial charge on any atom is 0.547 e. The number of benzene rings is 1. The van der Waals surface area contributed by atoms with Crippen molar-refractivity contribution in [1.29, 1.82) is 0 Å². The van der Waals surface area contributed by atoms with Crippen LogP contribution >= 0.6 is 0 Å². The van der Waals surface area contributed by atoms with Crippen LogP contribution in [0.1, 0.15) is 59.7 Å². The Morgan fingerprint density at radius 3 is 2.35 bits per heavy atom. The van der Waals surface area contributed by atoms with Crippen molar-refractivity contribution in [2.45, 2.75) is 63.6 Å². The first kappa shape index (κ1) is 25.0. The molecule has 194 valence electrons. The molecule has 2 aliphatic rings. The van der Waals surface area contributed by atoms with Crippen LogP contribution in [0.2, 0.25) is 0 Å². The minimum absolute atomic E-state index is 0.00576. The van der Waals surface area contributed by atoms with Gasteiger partial charge in [-0.3, -0.25) is 9.69 Å². The molecular weight excluding hydrogens is 475 g/mol. The predicted octanol–water partition coefficient (Wildman–Crippen LogP) is 1.92. The van der Waals surface area contributed by atoms with E-state index in [1.807, 2.05) is 12.4 Å². The number of amides is 1. The molecule has 2 aromatic heterocycles. The maximum absolute atomic E-state index is 12.8. The van der Waals surface area contributed by atoms with Gasteiger partial charge in [0.15, 0.2) is 0 Å². The van der Waals surface area contributed by atoms with Gasteiger partial charge in [0.25, 0.3) is 0 Å². The predicted molar refractivity (Wildman–Crippen MR) is 134 cm³/mol. The van der Waals surface area contributed by atoms with Gasteiger partial charge in [0.05, 0.1) is 24.6 Å². The molecule has 0 spiro atoms. The second kappa shape index (κ2) is 11.2. The van der Waals surface area contributed by atoms with E-state index in [9.17, 15) is 19.7 Å². The van der Waals surface area contributed by atoms with E-state index in [0.717, 1.165) is 37.3 Å². The molecule has 5 N–H and O–H groups in total. The van der Waals surface area contributed by atoms with Gasteiger partial charge in [-0.25, -0.2) is 14.8 Å². The Labute approximate surface area is 214 Å².